The molecule has 0 spiro atoms. The summed E-state index contributed by atoms with van der Waals surface area (Å²) < 4.78 is 6.07. The van der Waals surface area contributed by atoms with Crippen molar-refractivity contribution in [2.75, 3.05) is 51.3 Å². The number of guanidine groups is 1. The van der Waals surface area contributed by atoms with E-state index in [0.29, 0.717) is 6.10 Å². The van der Waals surface area contributed by atoms with Crippen LogP contribution in [0, 0.1) is 0 Å². The summed E-state index contributed by atoms with van der Waals surface area (Å²) in [5.41, 5.74) is 0. The Morgan fingerprint density at radius 3 is 2.52 bits per heavy atom. The molecule has 0 aromatic carbocycles. The third kappa shape index (κ3) is 7.10. The summed E-state index contributed by atoms with van der Waals surface area (Å²) in [5.74, 6) is 2.04. The molecular formula is C20H34IN5O. The molecule has 0 bridgehead atoms. The summed E-state index contributed by atoms with van der Waals surface area (Å²) in [6, 6.07) is 6.08. The quantitative estimate of drug-likeness (QED) is 0.228. The number of hydrogen-bond acceptors (Lipinski definition) is 4. The first-order valence-electron chi connectivity index (χ1n) is 10.1. The predicted molar refractivity (Wildman–Crippen MR) is 122 cm³/mol. The van der Waals surface area contributed by atoms with Gasteiger partial charge in [-0.05, 0) is 25.0 Å². The molecule has 2 heterocycles. The van der Waals surface area contributed by atoms with Crippen molar-refractivity contribution in [1.29, 1.82) is 0 Å². The minimum atomic E-state index is 0. The zero-order chi connectivity index (χ0) is 18.0. The van der Waals surface area contributed by atoms with E-state index < -0.39 is 0 Å². The Hall–Kier alpha value is -1.09. The van der Waals surface area contributed by atoms with Gasteiger partial charge in [0.25, 0.3) is 0 Å². The Bertz CT molecular complexity index is 541. The first kappa shape index (κ1) is 22.2. The van der Waals surface area contributed by atoms with Crippen LogP contribution in [0.15, 0.2) is 29.4 Å². The molecule has 1 aromatic heterocycles. The number of rotatable bonds is 5. The van der Waals surface area contributed by atoms with E-state index in [0.717, 1.165) is 51.1 Å². The molecule has 7 heteroatoms. The van der Waals surface area contributed by atoms with Gasteiger partial charge in [0.2, 0.25) is 0 Å². The number of ether oxygens (including phenoxy) is 1. The maximum absolute atomic E-state index is 6.07. The van der Waals surface area contributed by atoms with Crippen LogP contribution in [0.1, 0.15) is 38.5 Å². The van der Waals surface area contributed by atoms with E-state index in [9.17, 15) is 0 Å². The van der Waals surface area contributed by atoms with Crippen molar-refractivity contribution in [2.45, 2.75) is 44.6 Å². The highest BCUT2D eigenvalue weighted by Crippen LogP contribution is 2.19. The van der Waals surface area contributed by atoms with Gasteiger partial charge in [-0.1, -0.05) is 31.7 Å². The molecule has 27 heavy (non-hydrogen) atoms. The van der Waals surface area contributed by atoms with E-state index in [1.807, 2.05) is 25.4 Å². The summed E-state index contributed by atoms with van der Waals surface area (Å²) in [4.78, 5) is 13.6. The monoisotopic (exact) mass is 487 g/mol. The molecule has 152 valence electrons. The van der Waals surface area contributed by atoms with Gasteiger partial charge in [0.1, 0.15) is 5.82 Å². The van der Waals surface area contributed by atoms with Crippen LogP contribution in [0.25, 0.3) is 0 Å². The molecule has 2 aliphatic rings. The fraction of sp³-hybridized carbons (Fsp3) is 0.700. The molecular weight excluding hydrogens is 453 g/mol. The van der Waals surface area contributed by atoms with E-state index in [1.165, 1.54) is 38.5 Å². The Labute approximate surface area is 180 Å². The Balaban J connectivity index is 0.00000261. The second-order valence-electron chi connectivity index (χ2n) is 7.12. The number of nitrogens with one attached hydrogen (secondary N) is 1. The lowest BCUT2D eigenvalue weighted by molar-refractivity contribution is 0.0465. The molecule has 1 saturated heterocycles. The third-order valence-electron chi connectivity index (χ3n) is 5.31. The van der Waals surface area contributed by atoms with E-state index in [1.54, 1.807) is 0 Å². The average Bonchev–Trinajstić information content (AvgIpc) is 2.98. The maximum Gasteiger partial charge on any atom is 0.193 e. The lowest BCUT2D eigenvalue weighted by Crippen LogP contribution is -2.53. The number of aliphatic imine (C=N–C) groups is 1. The van der Waals surface area contributed by atoms with Crippen molar-refractivity contribution < 1.29 is 4.74 Å². The first-order chi connectivity index (χ1) is 12.9. The van der Waals surface area contributed by atoms with Crippen LogP contribution in [0.4, 0.5) is 5.82 Å². The molecule has 2 fully saturated rings. The van der Waals surface area contributed by atoms with Gasteiger partial charge in [-0.25, -0.2) is 4.98 Å². The largest absolute Gasteiger partial charge is 0.376 e. The molecule has 0 atom stereocenters. The Morgan fingerprint density at radius 1 is 1.15 bits per heavy atom. The lowest BCUT2D eigenvalue weighted by atomic mass is 10.1. The zero-order valence-corrected chi connectivity index (χ0v) is 18.8. The fourth-order valence-electron chi connectivity index (χ4n) is 3.82. The second kappa shape index (κ2) is 12.4. The highest BCUT2D eigenvalue weighted by atomic mass is 127. The van der Waals surface area contributed by atoms with Crippen LogP contribution in [-0.4, -0.2) is 68.3 Å². The highest BCUT2D eigenvalue weighted by molar-refractivity contribution is 14.0. The number of nitrogens with zero attached hydrogens (tertiary/aromatic N) is 4. The lowest BCUT2D eigenvalue weighted by Gasteiger charge is -2.37. The SMILES string of the molecule is CN=C(NCCOC1CCCCCC1)N1CCN(c2ccccn2)CC1.I. The number of anilines is 1. The molecule has 1 aliphatic heterocycles. The molecule has 1 aromatic rings. The van der Waals surface area contributed by atoms with Gasteiger partial charge in [0.05, 0.1) is 12.7 Å². The van der Waals surface area contributed by atoms with Crippen LogP contribution in [-0.2, 0) is 4.74 Å². The average molecular weight is 487 g/mol. The standard InChI is InChI=1S/C20H33N5O.HI/c1-21-20(23-12-17-26-18-8-4-2-3-5-9-18)25-15-13-24(14-16-25)19-10-6-7-11-22-19;/h6-7,10-11,18H,2-5,8-9,12-17H2,1H3,(H,21,23);1H. The number of hydrogen-bond donors (Lipinski definition) is 1. The molecule has 3 rings (SSSR count). The van der Waals surface area contributed by atoms with Crippen LogP contribution in [0.5, 0.6) is 0 Å². The Kier molecular flexibility index (Phi) is 10.2. The van der Waals surface area contributed by atoms with Crippen molar-refractivity contribution in [3.8, 4) is 0 Å². The van der Waals surface area contributed by atoms with Gasteiger partial charge in [0.15, 0.2) is 5.96 Å². The fourth-order valence-corrected chi connectivity index (χ4v) is 3.82. The molecule has 0 unspecified atom stereocenters. The topological polar surface area (TPSA) is 53.0 Å². The van der Waals surface area contributed by atoms with Gasteiger partial charge < -0.3 is 19.9 Å². The number of piperazine rings is 1. The maximum atomic E-state index is 6.07. The Morgan fingerprint density at radius 2 is 1.89 bits per heavy atom. The van der Waals surface area contributed by atoms with Crippen molar-refractivity contribution in [3.63, 3.8) is 0 Å². The first-order valence-corrected chi connectivity index (χ1v) is 10.1. The molecule has 6 nitrogen and oxygen atoms in total. The van der Waals surface area contributed by atoms with Gasteiger partial charge in [-0.2, -0.15) is 0 Å². The van der Waals surface area contributed by atoms with Crippen molar-refractivity contribution in [1.82, 2.24) is 15.2 Å². The van der Waals surface area contributed by atoms with Crippen molar-refractivity contribution >= 4 is 35.8 Å². The van der Waals surface area contributed by atoms with E-state index in [2.05, 4.69) is 31.2 Å². The molecule has 0 radical (unpaired) electrons. The van der Waals surface area contributed by atoms with Gasteiger partial charge in [-0.3, -0.25) is 4.99 Å². The smallest absolute Gasteiger partial charge is 0.193 e. The predicted octanol–water partition coefficient (Wildman–Crippen LogP) is 3.14. The van der Waals surface area contributed by atoms with Gasteiger partial charge in [0, 0.05) is 46.0 Å². The second-order valence-corrected chi connectivity index (χ2v) is 7.12. The van der Waals surface area contributed by atoms with E-state index in [-0.39, 0.29) is 24.0 Å². The van der Waals surface area contributed by atoms with E-state index >= 15 is 0 Å². The summed E-state index contributed by atoms with van der Waals surface area (Å²) in [5, 5.41) is 3.47. The van der Waals surface area contributed by atoms with Crippen LogP contribution in [0.3, 0.4) is 0 Å². The summed E-state index contributed by atoms with van der Waals surface area (Å²) in [6.07, 6.45) is 10.2. The molecule has 1 saturated carbocycles. The van der Waals surface area contributed by atoms with Crippen LogP contribution >= 0.6 is 24.0 Å². The minimum absolute atomic E-state index is 0. The summed E-state index contributed by atoms with van der Waals surface area (Å²) in [6.45, 7) is 5.44. The molecule has 1 aliphatic carbocycles. The number of aromatic nitrogens is 1. The minimum Gasteiger partial charge on any atom is -0.376 e. The molecule has 1 N–H and O–H groups in total. The van der Waals surface area contributed by atoms with Gasteiger partial charge >= 0.3 is 0 Å². The van der Waals surface area contributed by atoms with Crippen LogP contribution in [0.2, 0.25) is 0 Å². The summed E-state index contributed by atoms with van der Waals surface area (Å²) in [7, 11) is 1.86. The van der Waals surface area contributed by atoms with Crippen LogP contribution < -0.4 is 10.2 Å². The van der Waals surface area contributed by atoms with Gasteiger partial charge in [-0.15, -0.1) is 24.0 Å². The zero-order valence-electron chi connectivity index (χ0n) is 16.5. The third-order valence-corrected chi connectivity index (χ3v) is 5.31. The highest BCUT2D eigenvalue weighted by Gasteiger charge is 2.20. The number of halogens is 1. The number of pyridine rings is 1. The van der Waals surface area contributed by atoms with Crippen molar-refractivity contribution in [3.05, 3.63) is 24.4 Å². The summed E-state index contributed by atoms with van der Waals surface area (Å²) >= 11 is 0. The van der Waals surface area contributed by atoms with E-state index in [4.69, 9.17) is 4.74 Å². The normalized spacial score (nSPS) is 19.4. The van der Waals surface area contributed by atoms with Crippen molar-refractivity contribution in [2.24, 2.45) is 4.99 Å². The molecule has 0 amide bonds.